The monoisotopic (exact) mass is 183 g/mol. The predicted octanol–water partition coefficient (Wildman–Crippen LogP) is 0.686. The van der Waals surface area contributed by atoms with Gasteiger partial charge in [-0.25, -0.2) is 4.79 Å². The molecule has 1 heterocycles. The first-order valence-corrected chi connectivity index (χ1v) is 4.21. The molecule has 72 valence electrons. The summed E-state index contributed by atoms with van der Waals surface area (Å²) in [5, 5.41) is 0. The van der Waals surface area contributed by atoms with Crippen molar-refractivity contribution in [2.24, 2.45) is 0 Å². The van der Waals surface area contributed by atoms with Crippen molar-refractivity contribution in [1.82, 2.24) is 4.90 Å². The molecule has 13 heavy (non-hydrogen) atoms. The summed E-state index contributed by atoms with van der Waals surface area (Å²) in [6, 6.07) is 0. The lowest BCUT2D eigenvalue weighted by molar-refractivity contribution is -0.135. The standard InChI is InChI=1S/C9H13NO3/c1-7(6-9(12)13-2)10-5-3-4-8(10)11/h6H,3-5H2,1-2H3. The molecule has 1 rings (SSSR count). The fourth-order valence-electron chi connectivity index (χ4n) is 1.33. The number of carbonyl (C=O) groups excluding carboxylic acids is 2. The van der Waals surface area contributed by atoms with Crippen LogP contribution < -0.4 is 0 Å². The molecule has 0 radical (unpaired) electrons. The summed E-state index contributed by atoms with van der Waals surface area (Å²) in [5.74, 6) is -0.338. The first-order chi connectivity index (χ1) is 6.15. The SMILES string of the molecule is COC(=O)C=C(C)N1CCCC1=O. The smallest absolute Gasteiger partial charge is 0.332 e. The van der Waals surface area contributed by atoms with Crippen molar-refractivity contribution in [3.05, 3.63) is 11.8 Å². The van der Waals surface area contributed by atoms with Crippen LogP contribution in [0, 0.1) is 0 Å². The number of ether oxygens (including phenoxy) is 1. The number of likely N-dealkylation sites (tertiary alicyclic amines) is 1. The third-order valence-electron chi connectivity index (χ3n) is 2.03. The number of amides is 1. The average Bonchev–Trinajstić information content (AvgIpc) is 2.51. The topological polar surface area (TPSA) is 46.6 Å². The average molecular weight is 183 g/mol. The van der Waals surface area contributed by atoms with Gasteiger partial charge in [-0.05, 0) is 13.3 Å². The highest BCUT2D eigenvalue weighted by molar-refractivity contribution is 5.85. The quantitative estimate of drug-likeness (QED) is 0.467. The molecule has 4 heteroatoms. The molecule has 0 spiro atoms. The minimum Gasteiger partial charge on any atom is -0.466 e. The molecule has 0 saturated carbocycles. The molecule has 1 aliphatic rings. The molecule has 4 nitrogen and oxygen atoms in total. The van der Waals surface area contributed by atoms with E-state index >= 15 is 0 Å². The maximum atomic E-state index is 11.2. The van der Waals surface area contributed by atoms with Crippen molar-refractivity contribution in [2.45, 2.75) is 19.8 Å². The second-order valence-corrected chi connectivity index (χ2v) is 2.96. The minimum atomic E-state index is -0.419. The van der Waals surface area contributed by atoms with Gasteiger partial charge < -0.3 is 9.64 Å². The Morgan fingerprint density at radius 3 is 2.77 bits per heavy atom. The van der Waals surface area contributed by atoms with Crippen molar-refractivity contribution in [2.75, 3.05) is 13.7 Å². The highest BCUT2D eigenvalue weighted by Gasteiger charge is 2.21. The van der Waals surface area contributed by atoms with Crippen LogP contribution in [0.5, 0.6) is 0 Å². The lowest BCUT2D eigenvalue weighted by Gasteiger charge is -2.15. The number of methoxy groups -OCH3 is 1. The Balaban J connectivity index is 2.65. The van der Waals surface area contributed by atoms with E-state index in [4.69, 9.17) is 0 Å². The number of allylic oxidation sites excluding steroid dienone is 1. The predicted molar refractivity (Wildman–Crippen MR) is 46.7 cm³/mol. The Morgan fingerprint density at radius 1 is 1.62 bits per heavy atom. The Bertz CT molecular complexity index is 258. The molecule has 1 amide bonds. The molecule has 1 aliphatic heterocycles. The summed E-state index contributed by atoms with van der Waals surface area (Å²) in [6.07, 6.45) is 2.78. The molecule has 0 aromatic rings. The summed E-state index contributed by atoms with van der Waals surface area (Å²) in [7, 11) is 1.32. The molecule has 0 aromatic carbocycles. The Morgan fingerprint density at radius 2 is 2.31 bits per heavy atom. The molecule has 0 unspecified atom stereocenters. The van der Waals surface area contributed by atoms with E-state index in [9.17, 15) is 9.59 Å². The zero-order valence-corrected chi connectivity index (χ0v) is 7.87. The van der Waals surface area contributed by atoms with Gasteiger partial charge in [-0.1, -0.05) is 0 Å². The van der Waals surface area contributed by atoms with E-state index in [0.717, 1.165) is 6.42 Å². The molecule has 1 fully saturated rings. The number of carbonyl (C=O) groups is 2. The summed E-state index contributed by atoms with van der Waals surface area (Å²) < 4.78 is 4.46. The van der Waals surface area contributed by atoms with Crippen LogP contribution in [0.2, 0.25) is 0 Å². The number of rotatable bonds is 2. The van der Waals surface area contributed by atoms with E-state index in [1.54, 1.807) is 11.8 Å². The summed E-state index contributed by atoms with van der Waals surface area (Å²) in [4.78, 5) is 23.7. The molecule has 0 bridgehead atoms. The van der Waals surface area contributed by atoms with Gasteiger partial charge in [0.05, 0.1) is 7.11 Å². The number of hydrogen-bond acceptors (Lipinski definition) is 3. The van der Waals surface area contributed by atoms with Gasteiger partial charge in [0.25, 0.3) is 0 Å². The highest BCUT2D eigenvalue weighted by Crippen LogP contribution is 2.15. The fourth-order valence-corrected chi connectivity index (χ4v) is 1.33. The van der Waals surface area contributed by atoms with Crippen LogP contribution in [-0.2, 0) is 14.3 Å². The zero-order chi connectivity index (χ0) is 9.84. The Hall–Kier alpha value is -1.32. The van der Waals surface area contributed by atoms with Gasteiger partial charge in [-0.15, -0.1) is 0 Å². The van der Waals surface area contributed by atoms with Crippen LogP contribution in [-0.4, -0.2) is 30.4 Å². The number of esters is 1. The van der Waals surface area contributed by atoms with Gasteiger partial charge in [0.15, 0.2) is 0 Å². The van der Waals surface area contributed by atoms with Crippen molar-refractivity contribution in [3.63, 3.8) is 0 Å². The van der Waals surface area contributed by atoms with Crippen LogP contribution >= 0.6 is 0 Å². The van der Waals surface area contributed by atoms with Crippen LogP contribution in [0.4, 0.5) is 0 Å². The van der Waals surface area contributed by atoms with E-state index in [0.29, 0.717) is 18.7 Å². The molecule has 0 aliphatic carbocycles. The van der Waals surface area contributed by atoms with Gasteiger partial charge in [0.2, 0.25) is 5.91 Å². The van der Waals surface area contributed by atoms with Crippen molar-refractivity contribution in [3.8, 4) is 0 Å². The normalized spacial score (nSPS) is 17.8. The molecule has 0 N–H and O–H groups in total. The third-order valence-corrected chi connectivity index (χ3v) is 2.03. The molecule has 0 aromatic heterocycles. The maximum Gasteiger partial charge on any atom is 0.332 e. The van der Waals surface area contributed by atoms with Crippen molar-refractivity contribution in [1.29, 1.82) is 0 Å². The van der Waals surface area contributed by atoms with E-state index in [1.807, 2.05) is 0 Å². The summed E-state index contributed by atoms with van der Waals surface area (Å²) in [6.45, 7) is 2.44. The third kappa shape index (κ3) is 2.31. The maximum absolute atomic E-state index is 11.2. The van der Waals surface area contributed by atoms with E-state index in [1.165, 1.54) is 13.2 Å². The molecule has 1 saturated heterocycles. The van der Waals surface area contributed by atoms with E-state index < -0.39 is 5.97 Å². The molecular weight excluding hydrogens is 170 g/mol. The van der Waals surface area contributed by atoms with Crippen LogP contribution in [0.1, 0.15) is 19.8 Å². The lowest BCUT2D eigenvalue weighted by Crippen LogP contribution is -2.23. The number of nitrogens with zero attached hydrogens (tertiary/aromatic N) is 1. The van der Waals surface area contributed by atoms with Crippen LogP contribution in [0.3, 0.4) is 0 Å². The minimum absolute atomic E-state index is 0.0812. The van der Waals surface area contributed by atoms with Gasteiger partial charge >= 0.3 is 5.97 Å². The summed E-state index contributed by atoms with van der Waals surface area (Å²) >= 11 is 0. The first-order valence-electron chi connectivity index (χ1n) is 4.21. The van der Waals surface area contributed by atoms with Gasteiger partial charge in [-0.2, -0.15) is 0 Å². The zero-order valence-electron chi connectivity index (χ0n) is 7.87. The molecular formula is C9H13NO3. The second-order valence-electron chi connectivity index (χ2n) is 2.96. The lowest BCUT2D eigenvalue weighted by atomic mass is 10.4. The van der Waals surface area contributed by atoms with E-state index in [-0.39, 0.29) is 5.91 Å². The van der Waals surface area contributed by atoms with Crippen molar-refractivity contribution < 1.29 is 14.3 Å². The first kappa shape index (κ1) is 9.77. The Kier molecular flexibility index (Phi) is 3.06. The van der Waals surface area contributed by atoms with Gasteiger partial charge in [0, 0.05) is 24.7 Å². The van der Waals surface area contributed by atoms with Gasteiger partial charge in [-0.3, -0.25) is 4.79 Å². The fraction of sp³-hybridized carbons (Fsp3) is 0.556. The number of hydrogen-bond donors (Lipinski definition) is 0. The Labute approximate surface area is 77.2 Å². The largest absolute Gasteiger partial charge is 0.466 e. The second kappa shape index (κ2) is 4.07. The molecule has 0 atom stereocenters. The van der Waals surface area contributed by atoms with Crippen molar-refractivity contribution >= 4 is 11.9 Å². The van der Waals surface area contributed by atoms with Crippen LogP contribution in [0.25, 0.3) is 0 Å². The van der Waals surface area contributed by atoms with Crippen LogP contribution in [0.15, 0.2) is 11.8 Å². The van der Waals surface area contributed by atoms with E-state index in [2.05, 4.69) is 4.74 Å². The van der Waals surface area contributed by atoms with Gasteiger partial charge in [0.1, 0.15) is 0 Å². The highest BCUT2D eigenvalue weighted by atomic mass is 16.5. The summed E-state index contributed by atoms with van der Waals surface area (Å²) in [5.41, 5.74) is 0.661.